The molecule has 2 aromatic carbocycles. The highest BCUT2D eigenvalue weighted by Crippen LogP contribution is 2.28. The van der Waals surface area contributed by atoms with E-state index in [2.05, 4.69) is 15.3 Å². The fraction of sp³-hybridized carbons (Fsp3) is 0.167. The van der Waals surface area contributed by atoms with E-state index in [0.717, 1.165) is 11.1 Å². The number of hydrogen-bond acceptors (Lipinski definition) is 5. The van der Waals surface area contributed by atoms with E-state index in [1.165, 1.54) is 0 Å². The monoisotopic (exact) mass is 388 g/mol. The number of hydrogen-bond donors (Lipinski definition) is 1. The van der Waals surface area contributed by atoms with Gasteiger partial charge in [-0.25, -0.2) is 0 Å². The van der Waals surface area contributed by atoms with E-state index in [4.69, 9.17) is 33.3 Å². The van der Waals surface area contributed by atoms with Crippen LogP contribution in [0.5, 0.6) is 11.5 Å². The summed E-state index contributed by atoms with van der Waals surface area (Å²) in [6.45, 7) is 2.21. The van der Waals surface area contributed by atoms with Crippen molar-refractivity contribution in [3.63, 3.8) is 0 Å². The zero-order valence-electron chi connectivity index (χ0n) is 14.3. The molecule has 0 aliphatic rings. The molecule has 0 aliphatic heterocycles. The third-order valence-corrected chi connectivity index (χ3v) is 4.10. The standard InChI is InChI=1S/C18H17ClN4O2S/c1-12-21-22-18(26)23(12)20-10-13-6-7-16(17(9-13)24-2)25-11-14-4-3-5-15(19)8-14/h3-10H,11H2,1-2H3,(H,22,26)/b20-10+. The minimum Gasteiger partial charge on any atom is -0.493 e. The Morgan fingerprint density at radius 1 is 1.27 bits per heavy atom. The van der Waals surface area contributed by atoms with Crippen LogP contribution in [-0.2, 0) is 6.61 Å². The second-order valence-electron chi connectivity index (χ2n) is 5.46. The van der Waals surface area contributed by atoms with Crippen LogP contribution in [-0.4, -0.2) is 28.2 Å². The van der Waals surface area contributed by atoms with Crippen molar-refractivity contribution in [3.8, 4) is 11.5 Å². The lowest BCUT2D eigenvalue weighted by molar-refractivity contribution is 0.284. The number of nitrogens with one attached hydrogen (secondary N) is 1. The van der Waals surface area contributed by atoms with Crippen molar-refractivity contribution in [1.82, 2.24) is 14.9 Å². The molecule has 0 saturated heterocycles. The van der Waals surface area contributed by atoms with Gasteiger partial charge in [0.25, 0.3) is 0 Å². The number of aromatic nitrogens is 3. The Kier molecular flexibility index (Phi) is 5.70. The number of halogens is 1. The smallest absolute Gasteiger partial charge is 0.216 e. The molecule has 134 valence electrons. The van der Waals surface area contributed by atoms with Gasteiger partial charge in [0, 0.05) is 5.02 Å². The van der Waals surface area contributed by atoms with E-state index in [1.54, 1.807) is 18.0 Å². The molecule has 1 N–H and O–H groups in total. The molecule has 0 spiro atoms. The van der Waals surface area contributed by atoms with E-state index in [0.29, 0.717) is 33.7 Å². The molecule has 0 bridgehead atoms. The number of ether oxygens (including phenoxy) is 2. The topological polar surface area (TPSA) is 64.4 Å². The fourth-order valence-electron chi connectivity index (χ4n) is 2.30. The van der Waals surface area contributed by atoms with Gasteiger partial charge in [-0.05, 0) is 60.6 Å². The van der Waals surface area contributed by atoms with E-state index in [9.17, 15) is 0 Å². The molecule has 1 aromatic heterocycles. The van der Waals surface area contributed by atoms with Crippen molar-refractivity contribution in [2.45, 2.75) is 13.5 Å². The summed E-state index contributed by atoms with van der Waals surface area (Å²) in [5.74, 6) is 1.93. The van der Waals surface area contributed by atoms with Gasteiger partial charge in [0.05, 0.1) is 13.3 Å². The van der Waals surface area contributed by atoms with Gasteiger partial charge in [-0.1, -0.05) is 23.7 Å². The summed E-state index contributed by atoms with van der Waals surface area (Å²) < 4.78 is 13.3. The quantitative estimate of drug-likeness (QED) is 0.503. The number of aromatic amines is 1. The molecule has 8 heteroatoms. The van der Waals surface area contributed by atoms with Crippen molar-refractivity contribution in [2.75, 3.05) is 7.11 Å². The Morgan fingerprint density at radius 2 is 2.12 bits per heavy atom. The predicted molar refractivity (Wildman–Crippen MR) is 104 cm³/mol. The maximum atomic E-state index is 5.99. The average molecular weight is 389 g/mol. The Hall–Kier alpha value is -2.64. The van der Waals surface area contributed by atoms with Crippen molar-refractivity contribution in [2.24, 2.45) is 5.10 Å². The van der Waals surface area contributed by atoms with Crippen LogP contribution in [0.15, 0.2) is 47.6 Å². The molecule has 3 rings (SSSR count). The Balaban J connectivity index is 1.76. The van der Waals surface area contributed by atoms with Crippen LogP contribution in [0.2, 0.25) is 5.02 Å². The SMILES string of the molecule is COc1cc(/C=N/n2c(C)n[nH]c2=S)ccc1OCc1cccc(Cl)c1. The van der Waals surface area contributed by atoms with Gasteiger partial charge in [0.2, 0.25) is 4.77 Å². The van der Waals surface area contributed by atoms with E-state index < -0.39 is 0 Å². The van der Waals surface area contributed by atoms with Crippen molar-refractivity contribution >= 4 is 30.0 Å². The first-order chi connectivity index (χ1) is 12.6. The second kappa shape index (κ2) is 8.16. The molecule has 0 amide bonds. The van der Waals surface area contributed by atoms with E-state index in [-0.39, 0.29) is 0 Å². The molecule has 1 heterocycles. The molecular formula is C18H17ClN4O2S. The van der Waals surface area contributed by atoms with E-state index >= 15 is 0 Å². The number of nitrogens with zero attached hydrogens (tertiary/aromatic N) is 3. The number of aryl methyl sites for hydroxylation is 1. The number of methoxy groups -OCH3 is 1. The molecule has 0 unspecified atom stereocenters. The minimum atomic E-state index is 0.397. The lowest BCUT2D eigenvalue weighted by atomic mass is 10.2. The molecule has 0 fully saturated rings. The van der Waals surface area contributed by atoms with Crippen LogP contribution in [0.1, 0.15) is 17.0 Å². The summed E-state index contributed by atoms with van der Waals surface area (Å²) in [7, 11) is 1.60. The molecule has 26 heavy (non-hydrogen) atoms. The molecule has 0 atom stereocenters. The van der Waals surface area contributed by atoms with Crippen LogP contribution >= 0.6 is 23.8 Å². The van der Waals surface area contributed by atoms with Crippen LogP contribution in [0.25, 0.3) is 0 Å². The van der Waals surface area contributed by atoms with Crippen LogP contribution in [0.4, 0.5) is 0 Å². The highest BCUT2D eigenvalue weighted by atomic mass is 35.5. The third-order valence-electron chi connectivity index (χ3n) is 3.61. The number of rotatable bonds is 6. The first-order valence-corrected chi connectivity index (χ1v) is 8.59. The van der Waals surface area contributed by atoms with Gasteiger partial charge < -0.3 is 9.47 Å². The minimum absolute atomic E-state index is 0.397. The third kappa shape index (κ3) is 4.30. The Bertz CT molecular complexity index is 997. The summed E-state index contributed by atoms with van der Waals surface area (Å²) >= 11 is 11.1. The molecule has 0 radical (unpaired) electrons. The summed E-state index contributed by atoms with van der Waals surface area (Å²) in [5.41, 5.74) is 1.83. The lowest BCUT2D eigenvalue weighted by Gasteiger charge is -2.11. The van der Waals surface area contributed by atoms with E-state index in [1.807, 2.05) is 49.4 Å². The number of H-pyrrole nitrogens is 1. The zero-order chi connectivity index (χ0) is 18.5. The van der Waals surface area contributed by atoms with Gasteiger partial charge in [0.15, 0.2) is 11.5 Å². The fourth-order valence-corrected chi connectivity index (χ4v) is 2.74. The molecule has 0 aliphatic carbocycles. The van der Waals surface area contributed by atoms with Crippen LogP contribution in [0.3, 0.4) is 0 Å². The normalized spacial score (nSPS) is 11.0. The molecule has 6 nitrogen and oxygen atoms in total. The van der Waals surface area contributed by atoms with Crippen LogP contribution < -0.4 is 9.47 Å². The van der Waals surface area contributed by atoms with Gasteiger partial charge in [0.1, 0.15) is 12.4 Å². The largest absolute Gasteiger partial charge is 0.493 e. The summed E-state index contributed by atoms with van der Waals surface area (Å²) in [4.78, 5) is 0. The van der Waals surface area contributed by atoms with Crippen molar-refractivity contribution in [3.05, 3.63) is 69.2 Å². The first kappa shape index (κ1) is 18.2. The lowest BCUT2D eigenvalue weighted by Crippen LogP contribution is -1.99. The highest BCUT2D eigenvalue weighted by molar-refractivity contribution is 7.71. The molecule has 3 aromatic rings. The predicted octanol–water partition coefficient (Wildman–Crippen LogP) is 4.37. The maximum absolute atomic E-state index is 5.99. The van der Waals surface area contributed by atoms with Crippen LogP contribution in [0, 0.1) is 11.7 Å². The average Bonchev–Trinajstić information content (AvgIpc) is 2.96. The Labute approximate surface area is 161 Å². The second-order valence-corrected chi connectivity index (χ2v) is 6.28. The van der Waals surface area contributed by atoms with Gasteiger partial charge in [-0.15, -0.1) is 0 Å². The summed E-state index contributed by atoms with van der Waals surface area (Å²) in [5, 5.41) is 11.7. The van der Waals surface area contributed by atoms with Crippen molar-refractivity contribution < 1.29 is 9.47 Å². The Morgan fingerprint density at radius 3 is 2.81 bits per heavy atom. The highest BCUT2D eigenvalue weighted by Gasteiger charge is 2.06. The summed E-state index contributed by atoms with van der Waals surface area (Å²) in [6.07, 6.45) is 1.68. The molecular weight excluding hydrogens is 372 g/mol. The van der Waals surface area contributed by atoms with Gasteiger partial charge in [-0.3, -0.25) is 5.10 Å². The number of benzene rings is 2. The first-order valence-electron chi connectivity index (χ1n) is 7.80. The zero-order valence-corrected chi connectivity index (χ0v) is 15.8. The van der Waals surface area contributed by atoms with Gasteiger partial charge >= 0.3 is 0 Å². The van der Waals surface area contributed by atoms with Crippen molar-refractivity contribution in [1.29, 1.82) is 0 Å². The maximum Gasteiger partial charge on any atom is 0.216 e. The molecule has 0 saturated carbocycles. The summed E-state index contributed by atoms with van der Waals surface area (Å²) in [6, 6.07) is 13.1. The van der Waals surface area contributed by atoms with Gasteiger partial charge in [-0.2, -0.15) is 14.9 Å².